The van der Waals surface area contributed by atoms with Gasteiger partial charge in [0.2, 0.25) is 0 Å². The van der Waals surface area contributed by atoms with E-state index in [1.165, 1.54) is 31.9 Å². The monoisotopic (exact) mass is 288 g/mol. The number of carboxylic acids is 1. The molecule has 2 aliphatic rings. The Morgan fingerprint density at radius 1 is 1.20 bits per heavy atom. The third-order valence-corrected chi connectivity index (χ3v) is 3.42. The number of carboxylic acid groups (broad SMARTS) is 1. The van der Waals surface area contributed by atoms with Crippen molar-refractivity contribution in [2.45, 2.75) is 6.18 Å². The summed E-state index contributed by atoms with van der Waals surface area (Å²) in [5, 5.41) is 10.5. The molecule has 0 amide bonds. The van der Waals surface area contributed by atoms with Crippen LogP contribution in [0, 0.1) is 5.41 Å². The minimum absolute atomic E-state index is 0.635. The Bertz CT molecular complexity index is 464. The average Bonchev–Trinajstić information content (AvgIpc) is 2.26. The van der Waals surface area contributed by atoms with E-state index < -0.39 is 12.1 Å². The third kappa shape index (κ3) is 3.22. The first-order valence-corrected chi connectivity index (χ1v) is 6.13. The van der Waals surface area contributed by atoms with E-state index in [9.17, 15) is 13.2 Å². The second-order valence-corrected chi connectivity index (χ2v) is 5.10. The molecule has 3 rings (SSSR count). The van der Waals surface area contributed by atoms with Crippen LogP contribution in [0.3, 0.4) is 0 Å². The standard InChI is InChI=1S/C11H14N2.C2HF3O2/c1-2-4-10(5-3-1)13-8-11(9-13)6-12-7-11;3-2(4,5)1(6)7/h1-5,12H,6-9H2;(H,6,7). The lowest BCUT2D eigenvalue weighted by molar-refractivity contribution is -0.192. The molecule has 110 valence electrons. The van der Waals surface area contributed by atoms with Crippen molar-refractivity contribution in [1.29, 1.82) is 0 Å². The van der Waals surface area contributed by atoms with Crippen molar-refractivity contribution >= 4 is 11.7 Å². The highest BCUT2D eigenvalue weighted by Gasteiger charge is 2.47. The van der Waals surface area contributed by atoms with Crippen molar-refractivity contribution in [3.05, 3.63) is 30.3 Å². The molecule has 1 spiro atoms. The van der Waals surface area contributed by atoms with Crippen LogP contribution in [0.2, 0.25) is 0 Å². The zero-order chi connectivity index (χ0) is 14.8. The topological polar surface area (TPSA) is 52.6 Å². The molecule has 0 radical (unpaired) electrons. The Labute approximate surface area is 114 Å². The van der Waals surface area contributed by atoms with Crippen LogP contribution in [0.1, 0.15) is 0 Å². The molecule has 4 nitrogen and oxygen atoms in total. The van der Waals surface area contributed by atoms with Crippen molar-refractivity contribution in [3.63, 3.8) is 0 Å². The van der Waals surface area contributed by atoms with Gasteiger partial charge in [-0.05, 0) is 12.1 Å². The van der Waals surface area contributed by atoms with Crippen LogP contribution >= 0.6 is 0 Å². The zero-order valence-electron chi connectivity index (χ0n) is 10.7. The molecule has 0 saturated carbocycles. The molecule has 0 aliphatic carbocycles. The molecule has 0 unspecified atom stereocenters. The first-order chi connectivity index (χ1) is 9.32. The number of benzene rings is 1. The van der Waals surface area contributed by atoms with Crippen molar-refractivity contribution in [1.82, 2.24) is 5.32 Å². The van der Waals surface area contributed by atoms with Gasteiger partial charge in [-0.2, -0.15) is 13.2 Å². The first-order valence-electron chi connectivity index (χ1n) is 6.13. The number of nitrogens with one attached hydrogen (secondary N) is 1. The molecule has 0 atom stereocenters. The van der Waals surface area contributed by atoms with Crippen LogP contribution in [-0.4, -0.2) is 43.4 Å². The lowest BCUT2D eigenvalue weighted by atomic mass is 9.74. The van der Waals surface area contributed by atoms with Gasteiger partial charge in [0.15, 0.2) is 0 Å². The quantitative estimate of drug-likeness (QED) is 0.826. The lowest BCUT2D eigenvalue weighted by Gasteiger charge is -2.57. The number of anilines is 1. The fraction of sp³-hybridized carbons (Fsp3) is 0.462. The largest absolute Gasteiger partial charge is 0.490 e. The van der Waals surface area contributed by atoms with Crippen LogP contribution in [0.15, 0.2) is 30.3 Å². The Kier molecular flexibility index (Phi) is 3.89. The lowest BCUT2D eigenvalue weighted by Crippen LogP contribution is -2.71. The Morgan fingerprint density at radius 2 is 1.70 bits per heavy atom. The molecule has 2 heterocycles. The van der Waals surface area contributed by atoms with Crippen molar-refractivity contribution in [2.24, 2.45) is 5.41 Å². The van der Waals surface area contributed by atoms with Gasteiger partial charge in [0.05, 0.1) is 0 Å². The van der Waals surface area contributed by atoms with Crippen molar-refractivity contribution < 1.29 is 23.1 Å². The highest BCUT2D eigenvalue weighted by Crippen LogP contribution is 2.36. The maximum Gasteiger partial charge on any atom is 0.490 e. The molecule has 1 aromatic rings. The zero-order valence-corrected chi connectivity index (χ0v) is 10.7. The van der Waals surface area contributed by atoms with Crippen LogP contribution in [0.25, 0.3) is 0 Å². The van der Waals surface area contributed by atoms with Crippen LogP contribution in [0.4, 0.5) is 18.9 Å². The van der Waals surface area contributed by atoms with Gasteiger partial charge in [0, 0.05) is 37.3 Å². The summed E-state index contributed by atoms with van der Waals surface area (Å²) in [6.45, 7) is 4.92. The molecule has 2 saturated heterocycles. The van der Waals surface area contributed by atoms with Gasteiger partial charge in [-0.3, -0.25) is 0 Å². The van der Waals surface area contributed by atoms with Gasteiger partial charge >= 0.3 is 12.1 Å². The third-order valence-electron chi connectivity index (χ3n) is 3.42. The van der Waals surface area contributed by atoms with E-state index in [4.69, 9.17) is 9.90 Å². The number of hydrogen-bond acceptors (Lipinski definition) is 3. The summed E-state index contributed by atoms with van der Waals surface area (Å²) < 4.78 is 31.7. The summed E-state index contributed by atoms with van der Waals surface area (Å²) in [4.78, 5) is 11.4. The van der Waals surface area contributed by atoms with Crippen molar-refractivity contribution in [3.8, 4) is 0 Å². The van der Waals surface area contributed by atoms with E-state index in [1.807, 2.05) is 0 Å². The molecule has 2 N–H and O–H groups in total. The summed E-state index contributed by atoms with van der Waals surface area (Å²) in [5.74, 6) is -2.76. The van der Waals surface area contributed by atoms with E-state index in [-0.39, 0.29) is 0 Å². The fourth-order valence-corrected chi connectivity index (χ4v) is 2.29. The highest BCUT2D eigenvalue weighted by molar-refractivity contribution is 5.73. The number of nitrogens with zero attached hydrogens (tertiary/aromatic N) is 1. The normalized spacial score (nSPS) is 19.4. The number of aliphatic carboxylic acids is 1. The molecule has 2 fully saturated rings. The summed E-state index contributed by atoms with van der Waals surface area (Å²) in [5.41, 5.74) is 2.01. The summed E-state index contributed by atoms with van der Waals surface area (Å²) >= 11 is 0. The number of rotatable bonds is 1. The SMILES string of the molecule is O=C(O)C(F)(F)F.c1ccc(N2CC3(CNC3)C2)cc1. The van der Waals surface area contributed by atoms with Gasteiger partial charge in [0.25, 0.3) is 0 Å². The number of carbonyl (C=O) groups is 1. The molecular formula is C13H15F3N2O2. The predicted octanol–water partition coefficient (Wildman–Crippen LogP) is 1.73. The predicted molar refractivity (Wildman–Crippen MR) is 67.6 cm³/mol. The van der Waals surface area contributed by atoms with E-state index in [2.05, 4.69) is 40.5 Å². The molecule has 0 aromatic heterocycles. The van der Waals surface area contributed by atoms with E-state index >= 15 is 0 Å². The molecule has 20 heavy (non-hydrogen) atoms. The van der Waals surface area contributed by atoms with Gasteiger partial charge in [-0.25, -0.2) is 4.79 Å². The number of para-hydroxylation sites is 1. The Hall–Kier alpha value is -1.76. The number of alkyl halides is 3. The minimum Gasteiger partial charge on any atom is -0.475 e. The van der Waals surface area contributed by atoms with Crippen LogP contribution < -0.4 is 10.2 Å². The summed E-state index contributed by atoms with van der Waals surface area (Å²) in [6, 6.07) is 10.7. The van der Waals surface area contributed by atoms with Gasteiger partial charge in [0.1, 0.15) is 0 Å². The maximum absolute atomic E-state index is 10.6. The van der Waals surface area contributed by atoms with Crippen LogP contribution in [-0.2, 0) is 4.79 Å². The van der Waals surface area contributed by atoms with Crippen molar-refractivity contribution in [2.75, 3.05) is 31.1 Å². The molecule has 7 heteroatoms. The smallest absolute Gasteiger partial charge is 0.475 e. The maximum atomic E-state index is 10.6. The molecule has 0 bridgehead atoms. The summed E-state index contributed by atoms with van der Waals surface area (Å²) in [6.07, 6.45) is -5.08. The Morgan fingerprint density at radius 3 is 2.05 bits per heavy atom. The van der Waals surface area contributed by atoms with E-state index in [0.29, 0.717) is 5.41 Å². The second-order valence-electron chi connectivity index (χ2n) is 5.10. The first kappa shape index (κ1) is 14.6. The molecular weight excluding hydrogens is 273 g/mol. The number of hydrogen-bond donors (Lipinski definition) is 2. The minimum atomic E-state index is -5.08. The molecule has 2 aliphatic heterocycles. The van der Waals surface area contributed by atoms with Crippen LogP contribution in [0.5, 0.6) is 0 Å². The van der Waals surface area contributed by atoms with E-state index in [1.54, 1.807) is 0 Å². The van der Waals surface area contributed by atoms with Gasteiger partial charge in [-0.1, -0.05) is 18.2 Å². The summed E-state index contributed by atoms with van der Waals surface area (Å²) in [7, 11) is 0. The molecule has 1 aromatic carbocycles. The average molecular weight is 288 g/mol. The highest BCUT2D eigenvalue weighted by atomic mass is 19.4. The second kappa shape index (κ2) is 5.32. The Balaban J connectivity index is 0.000000182. The number of halogens is 3. The fourth-order valence-electron chi connectivity index (χ4n) is 2.29. The van der Waals surface area contributed by atoms with E-state index in [0.717, 1.165) is 0 Å². The van der Waals surface area contributed by atoms with Gasteiger partial charge < -0.3 is 15.3 Å². The van der Waals surface area contributed by atoms with Gasteiger partial charge in [-0.15, -0.1) is 0 Å².